The van der Waals surface area contributed by atoms with E-state index in [2.05, 4.69) is 17.0 Å². The van der Waals surface area contributed by atoms with Crippen molar-refractivity contribution in [3.8, 4) is 0 Å². The molecular formula is C8H14N4. The molecule has 0 aromatic carbocycles. The number of likely N-dealkylation sites (N-methyl/N-ethyl adjacent to an activating group) is 1. The van der Waals surface area contributed by atoms with Gasteiger partial charge >= 0.3 is 0 Å². The van der Waals surface area contributed by atoms with E-state index in [1.54, 1.807) is 6.20 Å². The van der Waals surface area contributed by atoms with Crippen molar-refractivity contribution in [2.45, 2.75) is 12.5 Å². The molecule has 2 N–H and O–H groups in total. The minimum Gasteiger partial charge on any atom is -0.396 e. The number of nitrogens with zero attached hydrogens (tertiary/aromatic N) is 3. The van der Waals surface area contributed by atoms with Gasteiger partial charge in [0, 0.05) is 12.7 Å². The van der Waals surface area contributed by atoms with Crippen molar-refractivity contribution in [1.29, 1.82) is 0 Å². The van der Waals surface area contributed by atoms with E-state index in [1.807, 2.05) is 10.9 Å². The monoisotopic (exact) mass is 166 g/mol. The second kappa shape index (κ2) is 2.79. The van der Waals surface area contributed by atoms with Crippen LogP contribution >= 0.6 is 0 Å². The Hall–Kier alpha value is -1.03. The van der Waals surface area contributed by atoms with Crippen LogP contribution < -0.4 is 5.73 Å². The molecule has 66 valence electrons. The normalized spacial score (nSPS) is 24.9. The predicted molar refractivity (Wildman–Crippen MR) is 47.8 cm³/mol. The van der Waals surface area contributed by atoms with Gasteiger partial charge in [-0.15, -0.1) is 0 Å². The highest BCUT2D eigenvalue weighted by Crippen LogP contribution is 2.19. The third-order valence-corrected chi connectivity index (χ3v) is 2.36. The molecule has 4 heteroatoms. The summed E-state index contributed by atoms with van der Waals surface area (Å²) in [7, 11) is 2.13. The molecule has 1 saturated heterocycles. The summed E-state index contributed by atoms with van der Waals surface area (Å²) in [5.74, 6) is 0. The van der Waals surface area contributed by atoms with E-state index < -0.39 is 0 Å². The van der Waals surface area contributed by atoms with Crippen LogP contribution in [0.15, 0.2) is 12.4 Å². The van der Waals surface area contributed by atoms with E-state index in [-0.39, 0.29) is 0 Å². The molecule has 4 nitrogen and oxygen atoms in total. The lowest BCUT2D eigenvalue weighted by Gasteiger charge is -2.10. The minimum absolute atomic E-state index is 0.521. The van der Waals surface area contributed by atoms with E-state index in [1.165, 1.54) is 6.42 Å². The van der Waals surface area contributed by atoms with Crippen LogP contribution in [-0.2, 0) is 0 Å². The van der Waals surface area contributed by atoms with Crippen molar-refractivity contribution in [3.05, 3.63) is 12.4 Å². The first-order valence-electron chi connectivity index (χ1n) is 4.24. The molecular weight excluding hydrogens is 152 g/mol. The van der Waals surface area contributed by atoms with Gasteiger partial charge in [-0.05, 0) is 20.0 Å². The van der Waals surface area contributed by atoms with Crippen LogP contribution in [0.25, 0.3) is 0 Å². The largest absolute Gasteiger partial charge is 0.396 e. The Morgan fingerprint density at radius 2 is 2.50 bits per heavy atom. The summed E-state index contributed by atoms with van der Waals surface area (Å²) in [6.45, 7) is 2.24. The summed E-state index contributed by atoms with van der Waals surface area (Å²) in [6.07, 6.45) is 4.79. The Labute approximate surface area is 72.0 Å². The second-order valence-electron chi connectivity index (χ2n) is 3.46. The van der Waals surface area contributed by atoms with Crippen molar-refractivity contribution in [3.63, 3.8) is 0 Å². The molecule has 0 radical (unpaired) electrons. The second-order valence-corrected chi connectivity index (χ2v) is 3.46. The van der Waals surface area contributed by atoms with Crippen LogP contribution in [0.5, 0.6) is 0 Å². The van der Waals surface area contributed by atoms with E-state index in [0.717, 1.165) is 18.8 Å². The molecule has 0 aliphatic carbocycles. The molecule has 1 fully saturated rings. The summed E-state index contributed by atoms with van der Waals surface area (Å²) in [6, 6.07) is 0.521. The zero-order valence-corrected chi connectivity index (χ0v) is 7.27. The molecule has 2 heterocycles. The van der Waals surface area contributed by atoms with Gasteiger partial charge in [0.2, 0.25) is 0 Å². The van der Waals surface area contributed by atoms with Gasteiger partial charge in [0.15, 0.2) is 0 Å². The molecule has 0 bridgehead atoms. The third kappa shape index (κ3) is 1.30. The first kappa shape index (κ1) is 7.61. The van der Waals surface area contributed by atoms with Crippen LogP contribution in [0.2, 0.25) is 0 Å². The van der Waals surface area contributed by atoms with Gasteiger partial charge in [-0.1, -0.05) is 0 Å². The number of likely N-dealkylation sites (tertiary alicyclic amines) is 1. The number of nitrogen functional groups attached to an aromatic ring is 1. The number of hydrogen-bond acceptors (Lipinski definition) is 3. The van der Waals surface area contributed by atoms with E-state index >= 15 is 0 Å². The maximum Gasteiger partial charge on any atom is 0.0719 e. The van der Waals surface area contributed by atoms with Crippen molar-refractivity contribution in [2.24, 2.45) is 0 Å². The van der Waals surface area contributed by atoms with Crippen LogP contribution in [0.1, 0.15) is 12.5 Å². The first-order valence-corrected chi connectivity index (χ1v) is 4.24. The van der Waals surface area contributed by atoms with Gasteiger partial charge in [-0.2, -0.15) is 5.10 Å². The van der Waals surface area contributed by atoms with Gasteiger partial charge in [-0.25, -0.2) is 0 Å². The van der Waals surface area contributed by atoms with Crippen molar-refractivity contribution >= 4 is 5.69 Å². The molecule has 12 heavy (non-hydrogen) atoms. The van der Waals surface area contributed by atoms with Gasteiger partial charge in [0.25, 0.3) is 0 Å². The smallest absolute Gasteiger partial charge is 0.0719 e. The topological polar surface area (TPSA) is 47.1 Å². The molecule has 0 spiro atoms. The fraction of sp³-hybridized carbons (Fsp3) is 0.625. The molecule has 1 aliphatic rings. The molecule has 1 atom stereocenters. The Morgan fingerprint density at radius 3 is 3.00 bits per heavy atom. The number of aromatic nitrogens is 2. The van der Waals surface area contributed by atoms with Gasteiger partial charge in [0.05, 0.1) is 17.9 Å². The first-order chi connectivity index (χ1) is 5.75. The maximum absolute atomic E-state index is 5.58. The number of hydrogen-bond donors (Lipinski definition) is 1. The predicted octanol–water partition coefficient (Wildman–Crippen LogP) is 0.342. The van der Waals surface area contributed by atoms with E-state index in [9.17, 15) is 0 Å². The standard InChI is InChI=1S/C8H14N4/c1-11-3-2-8(6-11)12-5-7(9)4-10-12/h4-5,8H,2-3,6,9H2,1H3/t8-/m1/s1. The SMILES string of the molecule is CN1CC[C@@H](n2cc(N)cn2)C1. The van der Waals surface area contributed by atoms with Crippen LogP contribution in [0, 0.1) is 0 Å². The Morgan fingerprint density at radius 1 is 1.67 bits per heavy atom. The fourth-order valence-electron chi connectivity index (χ4n) is 1.68. The van der Waals surface area contributed by atoms with E-state index in [0.29, 0.717) is 6.04 Å². The highest BCUT2D eigenvalue weighted by atomic mass is 15.3. The summed E-state index contributed by atoms with van der Waals surface area (Å²) in [5, 5.41) is 4.20. The van der Waals surface area contributed by atoms with Gasteiger partial charge in [0.1, 0.15) is 0 Å². The molecule has 1 aromatic heterocycles. The lowest BCUT2D eigenvalue weighted by Crippen LogP contribution is -2.16. The molecule has 1 aromatic rings. The van der Waals surface area contributed by atoms with Crippen molar-refractivity contribution < 1.29 is 0 Å². The molecule has 2 rings (SSSR count). The van der Waals surface area contributed by atoms with Crippen molar-refractivity contribution in [2.75, 3.05) is 25.9 Å². The van der Waals surface area contributed by atoms with E-state index in [4.69, 9.17) is 5.73 Å². The summed E-state index contributed by atoms with van der Waals surface area (Å²) >= 11 is 0. The Kier molecular flexibility index (Phi) is 1.77. The maximum atomic E-state index is 5.58. The van der Waals surface area contributed by atoms with Gasteiger partial charge < -0.3 is 10.6 Å². The average Bonchev–Trinajstić information content (AvgIpc) is 2.58. The summed E-state index contributed by atoms with van der Waals surface area (Å²) in [4.78, 5) is 2.31. The lowest BCUT2D eigenvalue weighted by molar-refractivity contribution is 0.382. The molecule has 1 aliphatic heterocycles. The van der Waals surface area contributed by atoms with Crippen LogP contribution in [0.3, 0.4) is 0 Å². The Bertz CT molecular complexity index is 268. The number of rotatable bonds is 1. The minimum atomic E-state index is 0.521. The highest BCUT2D eigenvalue weighted by Gasteiger charge is 2.21. The zero-order chi connectivity index (χ0) is 8.55. The van der Waals surface area contributed by atoms with Crippen LogP contribution in [-0.4, -0.2) is 34.8 Å². The summed E-state index contributed by atoms with van der Waals surface area (Å²) in [5.41, 5.74) is 6.34. The quantitative estimate of drug-likeness (QED) is 0.654. The van der Waals surface area contributed by atoms with Gasteiger partial charge in [-0.3, -0.25) is 4.68 Å². The lowest BCUT2D eigenvalue weighted by atomic mass is 10.3. The van der Waals surface area contributed by atoms with Crippen LogP contribution in [0.4, 0.5) is 5.69 Å². The highest BCUT2D eigenvalue weighted by molar-refractivity contribution is 5.30. The molecule has 0 unspecified atom stereocenters. The molecule has 0 saturated carbocycles. The average molecular weight is 166 g/mol. The zero-order valence-electron chi connectivity index (χ0n) is 7.27. The fourth-order valence-corrected chi connectivity index (χ4v) is 1.68. The summed E-state index contributed by atoms with van der Waals surface area (Å²) < 4.78 is 1.97. The Balaban J connectivity index is 2.11. The third-order valence-electron chi connectivity index (χ3n) is 2.36. The number of anilines is 1. The van der Waals surface area contributed by atoms with Crippen molar-refractivity contribution in [1.82, 2.24) is 14.7 Å². The molecule has 0 amide bonds. The number of nitrogens with two attached hydrogens (primary N) is 1.